The number of pyridine rings is 1. The van der Waals surface area contributed by atoms with Crippen LogP contribution in [-0.4, -0.2) is 16.8 Å². The molecule has 2 heterocycles. The monoisotopic (exact) mass is 345 g/mol. The molecule has 2 aromatic rings. The predicted octanol–water partition coefficient (Wildman–Crippen LogP) is 2.86. The van der Waals surface area contributed by atoms with E-state index in [-0.39, 0.29) is 5.91 Å². The predicted molar refractivity (Wildman–Crippen MR) is 101 cm³/mol. The van der Waals surface area contributed by atoms with Crippen LogP contribution in [0, 0.1) is 0 Å². The number of allylic oxidation sites excluding steroid dienone is 1. The summed E-state index contributed by atoms with van der Waals surface area (Å²) in [4.78, 5) is 27.7. The summed E-state index contributed by atoms with van der Waals surface area (Å²) >= 11 is 0. The van der Waals surface area contributed by atoms with Gasteiger partial charge in [-0.1, -0.05) is 35.9 Å². The van der Waals surface area contributed by atoms with E-state index >= 15 is 0 Å². The molecule has 5 nitrogen and oxygen atoms in total. The molecule has 1 aromatic carbocycles. The number of hydrogen-bond donors (Lipinski definition) is 2. The van der Waals surface area contributed by atoms with Gasteiger partial charge in [0.2, 0.25) is 11.8 Å². The molecule has 0 fully saturated rings. The van der Waals surface area contributed by atoms with E-state index in [0.717, 1.165) is 17.5 Å². The third kappa shape index (κ3) is 3.28. The van der Waals surface area contributed by atoms with Crippen LogP contribution in [-0.2, 0) is 22.4 Å². The lowest BCUT2D eigenvalue weighted by Gasteiger charge is -2.15. The lowest BCUT2D eigenvalue weighted by atomic mass is 9.99. The summed E-state index contributed by atoms with van der Waals surface area (Å²) in [5.41, 5.74) is 11.6. The number of rotatable bonds is 4. The Labute approximate surface area is 151 Å². The Kier molecular flexibility index (Phi) is 4.13. The summed E-state index contributed by atoms with van der Waals surface area (Å²) in [6.07, 6.45) is 8.07. The Balaban J connectivity index is 1.58. The van der Waals surface area contributed by atoms with Gasteiger partial charge in [-0.2, -0.15) is 0 Å². The lowest BCUT2D eigenvalue weighted by Crippen LogP contribution is -2.20. The highest BCUT2D eigenvalue weighted by Gasteiger charge is 2.18. The summed E-state index contributed by atoms with van der Waals surface area (Å²) in [7, 11) is 0. The van der Waals surface area contributed by atoms with Gasteiger partial charge in [0, 0.05) is 18.2 Å². The van der Waals surface area contributed by atoms with Crippen LogP contribution in [0.2, 0.25) is 0 Å². The molecule has 2 aliphatic rings. The molecule has 3 N–H and O–H groups in total. The summed E-state index contributed by atoms with van der Waals surface area (Å²) in [6, 6.07) is 10.2. The molecule has 0 saturated carbocycles. The van der Waals surface area contributed by atoms with Crippen molar-refractivity contribution in [3.8, 4) is 0 Å². The van der Waals surface area contributed by atoms with Gasteiger partial charge in [0.15, 0.2) is 0 Å². The number of benzene rings is 1. The first kappa shape index (κ1) is 16.3. The zero-order chi connectivity index (χ0) is 18.1. The van der Waals surface area contributed by atoms with E-state index in [1.165, 1.54) is 16.7 Å². The average molecular weight is 345 g/mol. The van der Waals surface area contributed by atoms with E-state index in [4.69, 9.17) is 5.73 Å². The van der Waals surface area contributed by atoms with E-state index in [2.05, 4.69) is 28.5 Å². The minimum absolute atomic E-state index is 0.0150. The quantitative estimate of drug-likeness (QED) is 0.836. The minimum atomic E-state index is -0.423. The number of hydrogen-bond acceptors (Lipinski definition) is 3. The fourth-order valence-electron chi connectivity index (χ4n) is 3.47. The number of carbonyl (C=O) groups excluding carboxylic acids is 2. The zero-order valence-corrected chi connectivity index (χ0v) is 14.3. The second-order valence-corrected chi connectivity index (χ2v) is 6.71. The van der Waals surface area contributed by atoms with Crippen molar-refractivity contribution in [2.45, 2.75) is 25.7 Å². The molecule has 26 heavy (non-hydrogen) atoms. The average Bonchev–Trinajstić information content (AvgIpc) is 3.03. The van der Waals surface area contributed by atoms with Crippen LogP contribution >= 0.6 is 0 Å². The van der Waals surface area contributed by atoms with Crippen molar-refractivity contribution in [1.29, 1.82) is 0 Å². The molecule has 1 aliphatic carbocycles. The summed E-state index contributed by atoms with van der Waals surface area (Å²) in [5, 5.41) is 2.76. The maximum absolute atomic E-state index is 11.9. The largest absolute Gasteiger partial charge is 0.366 e. The Morgan fingerprint density at radius 3 is 2.88 bits per heavy atom. The molecule has 0 saturated heterocycles. The van der Waals surface area contributed by atoms with Gasteiger partial charge in [-0.05, 0) is 53.7 Å². The Hall–Kier alpha value is -3.21. The van der Waals surface area contributed by atoms with Gasteiger partial charge in [0.25, 0.3) is 0 Å². The van der Waals surface area contributed by atoms with E-state index < -0.39 is 5.91 Å². The van der Waals surface area contributed by atoms with E-state index in [0.29, 0.717) is 30.7 Å². The minimum Gasteiger partial charge on any atom is -0.366 e. The van der Waals surface area contributed by atoms with Crippen LogP contribution in [0.15, 0.2) is 47.7 Å². The van der Waals surface area contributed by atoms with Crippen molar-refractivity contribution in [3.05, 3.63) is 69.9 Å². The third-order valence-corrected chi connectivity index (χ3v) is 4.77. The van der Waals surface area contributed by atoms with Crippen molar-refractivity contribution in [3.63, 3.8) is 0 Å². The SMILES string of the molecule is NC(=O)/C(=C\c1cnc2c(c1)CCC(=O)N2)CC1=Cc2ccccc2C1. The molecule has 2 amide bonds. The molecule has 130 valence electrons. The maximum Gasteiger partial charge on any atom is 0.244 e. The van der Waals surface area contributed by atoms with Gasteiger partial charge in [0.05, 0.1) is 0 Å². The number of amides is 2. The summed E-state index contributed by atoms with van der Waals surface area (Å²) < 4.78 is 0. The molecule has 0 atom stereocenters. The Morgan fingerprint density at radius 2 is 2.08 bits per heavy atom. The fraction of sp³-hybridized carbons (Fsp3) is 0.190. The lowest BCUT2D eigenvalue weighted by molar-refractivity contribution is -0.116. The molecule has 0 unspecified atom stereocenters. The molecular weight excluding hydrogens is 326 g/mol. The number of aromatic nitrogens is 1. The van der Waals surface area contributed by atoms with E-state index in [1.54, 1.807) is 12.3 Å². The molecule has 4 rings (SSSR count). The highest BCUT2D eigenvalue weighted by Crippen LogP contribution is 2.29. The first-order valence-corrected chi connectivity index (χ1v) is 8.65. The summed E-state index contributed by atoms with van der Waals surface area (Å²) in [6.45, 7) is 0. The molecule has 0 bridgehead atoms. The van der Waals surface area contributed by atoms with Gasteiger partial charge in [-0.15, -0.1) is 0 Å². The van der Waals surface area contributed by atoms with Crippen LogP contribution in [0.25, 0.3) is 12.2 Å². The second-order valence-electron chi connectivity index (χ2n) is 6.71. The van der Waals surface area contributed by atoms with Gasteiger partial charge >= 0.3 is 0 Å². The van der Waals surface area contributed by atoms with Crippen molar-refractivity contribution >= 4 is 29.8 Å². The van der Waals surface area contributed by atoms with Crippen molar-refractivity contribution < 1.29 is 9.59 Å². The fourth-order valence-corrected chi connectivity index (χ4v) is 3.47. The van der Waals surface area contributed by atoms with Crippen LogP contribution in [0.4, 0.5) is 5.82 Å². The number of carbonyl (C=O) groups is 2. The Morgan fingerprint density at radius 1 is 1.23 bits per heavy atom. The first-order valence-electron chi connectivity index (χ1n) is 8.65. The normalized spacial score (nSPS) is 15.8. The topological polar surface area (TPSA) is 85.1 Å². The first-order chi connectivity index (χ1) is 12.6. The number of anilines is 1. The van der Waals surface area contributed by atoms with Crippen LogP contribution < -0.4 is 11.1 Å². The number of aryl methyl sites for hydroxylation is 1. The van der Waals surface area contributed by atoms with Crippen LogP contribution in [0.1, 0.15) is 35.1 Å². The maximum atomic E-state index is 11.9. The van der Waals surface area contributed by atoms with Crippen molar-refractivity contribution in [2.24, 2.45) is 5.73 Å². The molecule has 1 aliphatic heterocycles. The van der Waals surface area contributed by atoms with E-state index in [1.807, 2.05) is 18.2 Å². The highest BCUT2D eigenvalue weighted by molar-refractivity contribution is 5.97. The van der Waals surface area contributed by atoms with Crippen LogP contribution in [0.3, 0.4) is 0 Å². The smallest absolute Gasteiger partial charge is 0.244 e. The molecule has 5 heteroatoms. The molecule has 1 aromatic heterocycles. The van der Waals surface area contributed by atoms with Crippen molar-refractivity contribution in [2.75, 3.05) is 5.32 Å². The number of nitrogens with two attached hydrogens (primary N) is 1. The number of primary amides is 1. The molecule has 0 spiro atoms. The number of fused-ring (bicyclic) bond motifs is 2. The number of nitrogens with one attached hydrogen (secondary N) is 1. The standard InChI is InChI=1S/C21H19N3O2/c22-20(26)18(9-13-7-15-3-1-2-4-16(15)8-13)11-14-10-17-5-6-19(25)24-21(17)23-12-14/h1-4,7,10-12H,5-6,8-9H2,(H2,22,26)(H,23,24,25)/b18-11-. The second kappa shape index (κ2) is 6.59. The third-order valence-electron chi connectivity index (χ3n) is 4.77. The zero-order valence-electron chi connectivity index (χ0n) is 14.3. The van der Waals surface area contributed by atoms with Gasteiger partial charge in [0.1, 0.15) is 5.82 Å². The van der Waals surface area contributed by atoms with Crippen molar-refractivity contribution in [1.82, 2.24) is 4.98 Å². The van der Waals surface area contributed by atoms with Gasteiger partial charge < -0.3 is 11.1 Å². The molecular formula is C21H19N3O2. The van der Waals surface area contributed by atoms with Gasteiger partial charge in [-0.3, -0.25) is 9.59 Å². The Bertz CT molecular complexity index is 973. The van der Waals surface area contributed by atoms with E-state index in [9.17, 15) is 9.59 Å². The van der Waals surface area contributed by atoms with Gasteiger partial charge in [-0.25, -0.2) is 4.98 Å². The highest BCUT2D eigenvalue weighted by atomic mass is 16.2. The number of nitrogens with zero attached hydrogens (tertiary/aromatic N) is 1. The molecule has 0 radical (unpaired) electrons. The van der Waals surface area contributed by atoms with Crippen LogP contribution in [0.5, 0.6) is 0 Å². The summed E-state index contributed by atoms with van der Waals surface area (Å²) in [5.74, 6) is 0.166.